The third kappa shape index (κ3) is 2.33. The van der Waals surface area contributed by atoms with Gasteiger partial charge in [0.25, 0.3) is 0 Å². The fourth-order valence-corrected chi connectivity index (χ4v) is 2.08. The van der Waals surface area contributed by atoms with Crippen LogP contribution in [0.1, 0.15) is 24.6 Å². The predicted molar refractivity (Wildman–Crippen MR) is 71.8 cm³/mol. The van der Waals surface area contributed by atoms with E-state index in [1.807, 2.05) is 14.0 Å². The van der Waals surface area contributed by atoms with E-state index in [1.165, 1.54) is 11.3 Å². The van der Waals surface area contributed by atoms with Crippen LogP contribution in [0.15, 0.2) is 30.5 Å². The van der Waals surface area contributed by atoms with Crippen molar-refractivity contribution in [1.82, 2.24) is 9.55 Å². The van der Waals surface area contributed by atoms with Crippen LogP contribution in [-0.4, -0.2) is 16.6 Å². The van der Waals surface area contributed by atoms with E-state index in [2.05, 4.69) is 52.3 Å². The van der Waals surface area contributed by atoms with Crippen molar-refractivity contribution in [1.29, 1.82) is 0 Å². The minimum atomic E-state index is 0.894. The van der Waals surface area contributed by atoms with Gasteiger partial charge in [0.2, 0.25) is 5.95 Å². The molecule has 0 amide bonds. The molecule has 1 N–H and O–H groups in total. The number of hydrogen-bond acceptors (Lipinski definition) is 2. The number of anilines is 1. The molecule has 0 spiro atoms. The molecule has 90 valence electrons. The van der Waals surface area contributed by atoms with Crippen molar-refractivity contribution >= 4 is 5.95 Å². The third-order valence-electron chi connectivity index (χ3n) is 2.82. The summed E-state index contributed by atoms with van der Waals surface area (Å²) in [6, 6.07) is 8.50. The van der Waals surface area contributed by atoms with Gasteiger partial charge in [-0.15, -0.1) is 0 Å². The lowest BCUT2D eigenvalue weighted by atomic mass is 10.1. The number of rotatable bonds is 4. The Morgan fingerprint density at radius 2 is 2.06 bits per heavy atom. The predicted octanol–water partition coefficient (Wildman–Crippen LogP) is 3.17. The first-order valence-electron chi connectivity index (χ1n) is 6.08. The van der Waals surface area contributed by atoms with Crippen LogP contribution >= 0.6 is 0 Å². The van der Waals surface area contributed by atoms with Gasteiger partial charge in [-0.2, -0.15) is 0 Å². The first-order chi connectivity index (χ1) is 8.26. The van der Waals surface area contributed by atoms with Gasteiger partial charge in [-0.1, -0.05) is 31.5 Å². The zero-order chi connectivity index (χ0) is 12.3. The maximum atomic E-state index is 4.46. The lowest BCUT2D eigenvalue weighted by Gasteiger charge is -2.11. The van der Waals surface area contributed by atoms with Crippen LogP contribution in [0.2, 0.25) is 0 Å². The zero-order valence-electron chi connectivity index (χ0n) is 10.7. The average Bonchev–Trinajstić information content (AvgIpc) is 2.71. The summed E-state index contributed by atoms with van der Waals surface area (Å²) in [7, 11) is 1.90. The summed E-state index contributed by atoms with van der Waals surface area (Å²) in [5, 5.41) is 3.14. The maximum Gasteiger partial charge on any atom is 0.207 e. The van der Waals surface area contributed by atoms with Gasteiger partial charge >= 0.3 is 0 Å². The van der Waals surface area contributed by atoms with E-state index in [9.17, 15) is 0 Å². The number of imidazole rings is 1. The smallest absolute Gasteiger partial charge is 0.207 e. The van der Waals surface area contributed by atoms with Gasteiger partial charge < -0.3 is 5.32 Å². The minimum absolute atomic E-state index is 0.894. The Balaban J connectivity index is 2.51. The Hall–Kier alpha value is -1.77. The lowest BCUT2D eigenvalue weighted by Crippen LogP contribution is -2.03. The molecule has 0 aliphatic carbocycles. The Morgan fingerprint density at radius 3 is 2.76 bits per heavy atom. The Kier molecular flexibility index (Phi) is 3.47. The summed E-state index contributed by atoms with van der Waals surface area (Å²) in [4.78, 5) is 4.46. The molecule has 0 fully saturated rings. The van der Waals surface area contributed by atoms with E-state index in [0.717, 1.165) is 24.5 Å². The van der Waals surface area contributed by atoms with Gasteiger partial charge in [0.05, 0.1) is 11.4 Å². The fraction of sp³-hybridized carbons (Fsp3) is 0.357. The van der Waals surface area contributed by atoms with Gasteiger partial charge in [0, 0.05) is 13.2 Å². The molecule has 2 aromatic rings. The van der Waals surface area contributed by atoms with E-state index in [1.54, 1.807) is 0 Å². The van der Waals surface area contributed by atoms with E-state index < -0.39 is 0 Å². The van der Waals surface area contributed by atoms with Crippen molar-refractivity contribution in [2.24, 2.45) is 0 Å². The van der Waals surface area contributed by atoms with Crippen LogP contribution in [0, 0.1) is 6.92 Å². The van der Waals surface area contributed by atoms with Crippen LogP contribution in [0.5, 0.6) is 0 Å². The van der Waals surface area contributed by atoms with Gasteiger partial charge in [0.15, 0.2) is 0 Å². The monoisotopic (exact) mass is 229 g/mol. The average molecular weight is 229 g/mol. The Bertz CT molecular complexity index is 500. The molecule has 1 heterocycles. The summed E-state index contributed by atoms with van der Waals surface area (Å²) >= 11 is 0. The highest BCUT2D eigenvalue weighted by Gasteiger charge is 2.08. The summed E-state index contributed by atoms with van der Waals surface area (Å²) in [5.41, 5.74) is 3.61. The molecule has 3 nitrogen and oxygen atoms in total. The molecule has 2 rings (SSSR count). The minimum Gasteiger partial charge on any atom is -0.358 e. The number of nitrogens with zero attached hydrogens (tertiary/aromatic N) is 2. The van der Waals surface area contributed by atoms with Crippen molar-refractivity contribution in [3.8, 4) is 5.69 Å². The maximum absolute atomic E-state index is 4.46. The molecule has 1 aromatic heterocycles. The van der Waals surface area contributed by atoms with Crippen LogP contribution in [0.3, 0.4) is 0 Å². The summed E-state index contributed by atoms with van der Waals surface area (Å²) in [6.45, 7) is 4.22. The van der Waals surface area contributed by atoms with Crippen molar-refractivity contribution in [2.45, 2.75) is 26.7 Å². The molecule has 0 atom stereocenters. The molecule has 1 aromatic carbocycles. The second-order valence-corrected chi connectivity index (χ2v) is 4.20. The van der Waals surface area contributed by atoms with Crippen LogP contribution in [-0.2, 0) is 6.42 Å². The quantitative estimate of drug-likeness (QED) is 0.872. The summed E-state index contributed by atoms with van der Waals surface area (Å²) in [5.74, 6) is 0.894. The van der Waals surface area contributed by atoms with Gasteiger partial charge in [-0.3, -0.25) is 4.57 Å². The number of benzene rings is 1. The first-order valence-corrected chi connectivity index (χ1v) is 6.08. The number of hydrogen-bond donors (Lipinski definition) is 1. The highest BCUT2D eigenvalue weighted by molar-refractivity contribution is 5.48. The zero-order valence-corrected chi connectivity index (χ0v) is 10.7. The molecular weight excluding hydrogens is 210 g/mol. The van der Waals surface area contributed by atoms with Crippen LogP contribution < -0.4 is 5.32 Å². The number of nitrogens with one attached hydrogen (secondary N) is 1. The Morgan fingerprint density at radius 1 is 1.29 bits per heavy atom. The molecule has 0 aliphatic rings. The van der Waals surface area contributed by atoms with Crippen molar-refractivity contribution in [3.05, 3.63) is 41.7 Å². The van der Waals surface area contributed by atoms with E-state index >= 15 is 0 Å². The van der Waals surface area contributed by atoms with Gasteiger partial charge in [0.1, 0.15) is 0 Å². The highest BCUT2D eigenvalue weighted by atomic mass is 15.2. The highest BCUT2D eigenvalue weighted by Crippen LogP contribution is 2.21. The number of para-hydroxylation sites is 1. The van der Waals surface area contributed by atoms with E-state index in [0.29, 0.717) is 0 Å². The Labute approximate surface area is 103 Å². The number of aromatic nitrogens is 2. The SMILES string of the molecule is CCCc1ccccc1-n1cc(C)nc1NC. The molecule has 0 saturated heterocycles. The summed E-state index contributed by atoms with van der Waals surface area (Å²) in [6.07, 6.45) is 4.32. The van der Waals surface area contributed by atoms with E-state index in [-0.39, 0.29) is 0 Å². The fourth-order valence-electron chi connectivity index (χ4n) is 2.08. The van der Waals surface area contributed by atoms with Crippen LogP contribution in [0.4, 0.5) is 5.95 Å². The van der Waals surface area contributed by atoms with E-state index in [4.69, 9.17) is 0 Å². The second kappa shape index (κ2) is 5.04. The number of aryl methyl sites for hydroxylation is 2. The molecule has 0 aliphatic heterocycles. The molecule has 0 radical (unpaired) electrons. The molecular formula is C14H19N3. The molecule has 0 saturated carbocycles. The van der Waals surface area contributed by atoms with Crippen LogP contribution in [0.25, 0.3) is 5.69 Å². The molecule has 0 unspecified atom stereocenters. The van der Waals surface area contributed by atoms with Crippen molar-refractivity contribution < 1.29 is 0 Å². The second-order valence-electron chi connectivity index (χ2n) is 4.20. The lowest BCUT2D eigenvalue weighted by molar-refractivity contribution is 0.899. The summed E-state index contributed by atoms with van der Waals surface area (Å²) < 4.78 is 2.13. The standard InChI is InChI=1S/C14H19N3/c1-4-7-12-8-5-6-9-13(12)17-10-11(2)16-14(17)15-3/h5-6,8-10H,4,7H2,1-3H3,(H,15,16). The third-order valence-corrected chi connectivity index (χ3v) is 2.82. The normalized spacial score (nSPS) is 10.5. The van der Waals surface area contributed by atoms with Crippen molar-refractivity contribution in [2.75, 3.05) is 12.4 Å². The topological polar surface area (TPSA) is 29.9 Å². The van der Waals surface area contributed by atoms with Gasteiger partial charge in [-0.25, -0.2) is 4.98 Å². The molecule has 3 heteroatoms. The van der Waals surface area contributed by atoms with Gasteiger partial charge in [-0.05, 0) is 25.0 Å². The first kappa shape index (κ1) is 11.7. The largest absolute Gasteiger partial charge is 0.358 e. The molecule has 17 heavy (non-hydrogen) atoms. The van der Waals surface area contributed by atoms with Crippen molar-refractivity contribution in [3.63, 3.8) is 0 Å². The molecule has 0 bridgehead atoms.